The third-order valence-corrected chi connectivity index (χ3v) is 1.96. The van der Waals surface area contributed by atoms with Gasteiger partial charge in [0.05, 0.1) is 0 Å². The molecule has 0 fully saturated rings. The van der Waals surface area contributed by atoms with E-state index in [-0.39, 0.29) is 0 Å². The Labute approximate surface area is 62.8 Å². The summed E-state index contributed by atoms with van der Waals surface area (Å²) in [5.74, 6) is 0. The fraction of sp³-hybridized carbons (Fsp3) is 0.143. The number of hydrogen-bond donors (Lipinski definition) is 0. The molecule has 0 aromatic heterocycles. The van der Waals surface area contributed by atoms with Crippen molar-refractivity contribution in [2.45, 2.75) is 4.47 Å². The Morgan fingerprint density at radius 1 is 1.12 bits per heavy atom. The zero-order chi connectivity index (χ0) is 5.82. The van der Waals surface area contributed by atoms with Gasteiger partial charge in [-0.2, -0.15) is 0 Å². The normalized spacial score (nSPS) is 9.12. The van der Waals surface area contributed by atoms with E-state index in [1.165, 1.54) is 5.56 Å². The van der Waals surface area contributed by atoms with E-state index in [2.05, 4.69) is 46.6 Å². The van der Waals surface area contributed by atoms with Crippen LogP contribution in [0.25, 0.3) is 0 Å². The Bertz CT molecular complexity index is 146. The van der Waals surface area contributed by atoms with E-state index in [0.717, 1.165) is 4.47 Å². The fourth-order valence-electron chi connectivity index (χ4n) is 0.574. The van der Waals surface area contributed by atoms with Crippen LogP contribution in [-0.4, -0.2) is 22.3 Å². The van der Waals surface area contributed by atoms with Gasteiger partial charge in [-0.05, 0) is 0 Å². The molecule has 1 radical (unpaired) electrons. The minimum atomic E-state index is 1.15. The first-order valence-corrected chi connectivity index (χ1v) is 4.20. The molecule has 1 aromatic carbocycles. The van der Waals surface area contributed by atoms with Crippen LogP contribution in [0.15, 0.2) is 30.3 Å². The third kappa shape index (κ3) is 1.51. The summed E-state index contributed by atoms with van der Waals surface area (Å²) in [6, 6.07) is 10.5. The summed E-state index contributed by atoms with van der Waals surface area (Å²) in [6.45, 7) is 0. The Morgan fingerprint density at radius 2 is 1.75 bits per heavy atom. The molecule has 0 nitrogen and oxygen atoms in total. The van der Waals surface area contributed by atoms with Gasteiger partial charge in [-0.25, -0.2) is 0 Å². The van der Waals surface area contributed by atoms with Gasteiger partial charge in [-0.1, -0.05) is 0 Å². The predicted octanol–water partition coefficient (Wildman–Crippen LogP) is 1.36. The monoisotopic (exact) mass is 221 g/mol. The van der Waals surface area contributed by atoms with Crippen LogP contribution in [0.2, 0.25) is 0 Å². The maximum atomic E-state index is 2.14. The predicted molar refractivity (Wildman–Crippen MR) is 35.9 cm³/mol. The van der Waals surface area contributed by atoms with Gasteiger partial charge in [0.2, 0.25) is 0 Å². The van der Waals surface area contributed by atoms with Crippen molar-refractivity contribution in [3.05, 3.63) is 35.9 Å². The molecule has 41 valence electrons. The van der Waals surface area contributed by atoms with E-state index in [4.69, 9.17) is 0 Å². The van der Waals surface area contributed by atoms with Gasteiger partial charge in [0.25, 0.3) is 0 Å². The first kappa shape index (κ1) is 6.13. The molecule has 1 heteroatoms. The molecule has 0 saturated heterocycles. The molecule has 8 heavy (non-hydrogen) atoms. The van der Waals surface area contributed by atoms with Crippen LogP contribution in [0.4, 0.5) is 0 Å². The van der Waals surface area contributed by atoms with Crippen LogP contribution in [0.5, 0.6) is 0 Å². The van der Waals surface area contributed by atoms with Gasteiger partial charge in [0.15, 0.2) is 0 Å². The van der Waals surface area contributed by atoms with Gasteiger partial charge >= 0.3 is 62.7 Å². The topological polar surface area (TPSA) is 0 Å². The molecule has 0 aliphatic heterocycles. The summed E-state index contributed by atoms with van der Waals surface area (Å²) in [4.78, 5) is 0. The van der Waals surface area contributed by atoms with Crippen LogP contribution in [0.1, 0.15) is 5.56 Å². The molecule has 0 atom stereocenters. The Hall–Kier alpha value is 0.00961. The average Bonchev–Trinajstić information content (AvgIpc) is 1.90. The maximum absolute atomic E-state index is 2.14. The van der Waals surface area contributed by atoms with Crippen molar-refractivity contribution in [3.63, 3.8) is 0 Å². The molecule has 0 amide bonds. The first-order valence-electron chi connectivity index (χ1n) is 2.55. The molecular formula is C7H7Te. The summed E-state index contributed by atoms with van der Waals surface area (Å²) in [6.07, 6.45) is 0. The summed E-state index contributed by atoms with van der Waals surface area (Å²) < 4.78 is 1.15. The van der Waals surface area contributed by atoms with Gasteiger partial charge in [-0.15, -0.1) is 0 Å². The minimum absolute atomic E-state index is 1.15. The number of benzene rings is 1. The van der Waals surface area contributed by atoms with Gasteiger partial charge < -0.3 is 0 Å². The van der Waals surface area contributed by atoms with E-state index < -0.39 is 0 Å². The zero-order valence-electron chi connectivity index (χ0n) is 4.50. The molecule has 0 N–H and O–H groups in total. The van der Waals surface area contributed by atoms with Crippen molar-refractivity contribution < 1.29 is 0 Å². The molecule has 0 heterocycles. The number of rotatable bonds is 1. The van der Waals surface area contributed by atoms with E-state index in [9.17, 15) is 0 Å². The summed E-state index contributed by atoms with van der Waals surface area (Å²) in [5, 5.41) is 0. The van der Waals surface area contributed by atoms with Crippen molar-refractivity contribution in [1.82, 2.24) is 0 Å². The molecule has 0 bridgehead atoms. The Kier molecular flexibility index (Phi) is 2.39. The van der Waals surface area contributed by atoms with Crippen LogP contribution in [-0.2, 0) is 4.47 Å². The molecule has 0 saturated carbocycles. The molecule has 0 spiro atoms. The van der Waals surface area contributed by atoms with Crippen molar-refractivity contribution in [2.75, 3.05) is 0 Å². The summed E-state index contributed by atoms with van der Waals surface area (Å²) >= 11 is 2.10. The first-order chi connectivity index (χ1) is 3.93. The van der Waals surface area contributed by atoms with Crippen molar-refractivity contribution >= 4 is 22.3 Å². The molecule has 0 unspecified atom stereocenters. The second kappa shape index (κ2) is 3.12. The molecular weight excluding hydrogens is 212 g/mol. The van der Waals surface area contributed by atoms with E-state index in [1.54, 1.807) is 0 Å². The SMILES string of the molecule is [Te]Cc1ccccc1. The Balaban J connectivity index is 2.83. The van der Waals surface area contributed by atoms with Gasteiger partial charge in [0, 0.05) is 0 Å². The summed E-state index contributed by atoms with van der Waals surface area (Å²) in [5.41, 5.74) is 1.41. The standard InChI is InChI=1S/C7H7Te/c8-6-7-4-2-1-3-5-7/h1-5H,6H2. The summed E-state index contributed by atoms with van der Waals surface area (Å²) in [7, 11) is 0. The van der Waals surface area contributed by atoms with Crippen LogP contribution < -0.4 is 0 Å². The van der Waals surface area contributed by atoms with Crippen molar-refractivity contribution in [1.29, 1.82) is 0 Å². The second-order valence-electron chi connectivity index (χ2n) is 1.63. The van der Waals surface area contributed by atoms with Gasteiger partial charge in [0.1, 0.15) is 0 Å². The van der Waals surface area contributed by atoms with Crippen molar-refractivity contribution in [3.8, 4) is 0 Å². The third-order valence-electron chi connectivity index (χ3n) is 1.01. The number of hydrogen-bond acceptors (Lipinski definition) is 0. The quantitative estimate of drug-likeness (QED) is 0.625. The average molecular weight is 219 g/mol. The fourth-order valence-corrected chi connectivity index (χ4v) is 1.12. The Morgan fingerprint density at radius 3 is 2.12 bits per heavy atom. The molecule has 0 aliphatic carbocycles. The molecule has 0 aliphatic rings. The van der Waals surface area contributed by atoms with Crippen LogP contribution in [0.3, 0.4) is 0 Å². The van der Waals surface area contributed by atoms with E-state index >= 15 is 0 Å². The molecule has 1 aromatic rings. The van der Waals surface area contributed by atoms with Gasteiger partial charge in [-0.3, -0.25) is 0 Å². The van der Waals surface area contributed by atoms with E-state index in [1.807, 2.05) is 6.07 Å². The van der Waals surface area contributed by atoms with Crippen LogP contribution in [0, 0.1) is 0 Å². The second-order valence-corrected chi connectivity index (χ2v) is 2.45. The van der Waals surface area contributed by atoms with Crippen LogP contribution >= 0.6 is 0 Å². The van der Waals surface area contributed by atoms with Crippen molar-refractivity contribution in [2.24, 2.45) is 0 Å². The van der Waals surface area contributed by atoms with E-state index in [0.29, 0.717) is 0 Å². The zero-order valence-corrected chi connectivity index (χ0v) is 6.83. The molecule has 1 rings (SSSR count).